The van der Waals surface area contributed by atoms with E-state index in [1.165, 1.54) is 11.1 Å². The molecule has 0 radical (unpaired) electrons. The maximum absolute atomic E-state index is 9.38. The van der Waals surface area contributed by atoms with Gasteiger partial charge in [0.1, 0.15) is 17.8 Å². The summed E-state index contributed by atoms with van der Waals surface area (Å²) in [6, 6.07) is 8.38. The van der Waals surface area contributed by atoms with Crippen molar-refractivity contribution < 1.29 is 5.11 Å². The lowest BCUT2D eigenvalue weighted by Crippen LogP contribution is -2.20. The first kappa shape index (κ1) is 17.4. The molecule has 0 aliphatic rings. The third-order valence-corrected chi connectivity index (χ3v) is 4.26. The van der Waals surface area contributed by atoms with Crippen LogP contribution in [0.3, 0.4) is 0 Å². The third kappa shape index (κ3) is 3.66. The Bertz CT molecular complexity index is 852. The van der Waals surface area contributed by atoms with Crippen LogP contribution in [0.2, 0.25) is 0 Å². The fourth-order valence-electron chi connectivity index (χ4n) is 3.02. The fourth-order valence-corrected chi connectivity index (χ4v) is 3.02. The first-order valence-electron chi connectivity index (χ1n) is 8.79. The van der Waals surface area contributed by atoms with Crippen molar-refractivity contribution >= 4 is 16.9 Å². The van der Waals surface area contributed by atoms with Gasteiger partial charge in [-0.2, -0.15) is 0 Å². The molecule has 0 unspecified atom stereocenters. The van der Waals surface area contributed by atoms with Gasteiger partial charge >= 0.3 is 0 Å². The Kier molecular flexibility index (Phi) is 5.04. The molecule has 0 aliphatic carbocycles. The molecule has 2 N–H and O–H groups in total. The number of anilines is 1. The molecule has 3 aromatic rings. The van der Waals surface area contributed by atoms with Crippen molar-refractivity contribution in [1.29, 1.82) is 0 Å². The van der Waals surface area contributed by atoms with Crippen LogP contribution >= 0.6 is 0 Å². The molecule has 0 amide bonds. The van der Waals surface area contributed by atoms with E-state index in [0.717, 1.165) is 29.0 Å². The third-order valence-electron chi connectivity index (χ3n) is 4.26. The molecule has 0 fully saturated rings. The summed E-state index contributed by atoms with van der Waals surface area (Å²) in [5, 5.41) is 13.7. The first-order chi connectivity index (χ1) is 12.0. The minimum Gasteiger partial charge on any atom is -0.394 e. The second kappa shape index (κ2) is 7.23. The molecule has 25 heavy (non-hydrogen) atoms. The van der Waals surface area contributed by atoms with E-state index in [2.05, 4.69) is 71.1 Å². The zero-order chi connectivity index (χ0) is 18.0. The zero-order valence-electron chi connectivity index (χ0n) is 15.3. The predicted molar refractivity (Wildman–Crippen MR) is 102 cm³/mol. The minimum atomic E-state index is -0.0623. The lowest BCUT2D eigenvalue weighted by atomic mass is 10.0. The summed E-state index contributed by atoms with van der Waals surface area (Å²) in [6.07, 6.45) is 4.70. The van der Waals surface area contributed by atoms with Gasteiger partial charge in [-0.25, -0.2) is 9.97 Å². The van der Waals surface area contributed by atoms with Gasteiger partial charge in [0, 0.05) is 17.9 Å². The van der Waals surface area contributed by atoms with Crippen LogP contribution in [0.4, 0.5) is 5.82 Å². The average molecular weight is 338 g/mol. The molecule has 0 bridgehead atoms. The largest absolute Gasteiger partial charge is 0.394 e. The van der Waals surface area contributed by atoms with Gasteiger partial charge in [-0.15, -0.1) is 0 Å². The van der Waals surface area contributed by atoms with Crippen molar-refractivity contribution in [3.63, 3.8) is 0 Å². The molecule has 3 rings (SSSR count). The van der Waals surface area contributed by atoms with E-state index in [1.54, 1.807) is 6.33 Å². The smallest absolute Gasteiger partial charge is 0.150 e. The normalized spacial score (nSPS) is 12.7. The standard InChI is InChI=1S/C20H26N4O/c1-13(2)9-16-10-24(17-7-5-14(3)6-8-17)20-18(16)19(21-12-22-20)23-15(4)11-25/h5-8,10,12-13,15,25H,9,11H2,1-4H3,(H,21,22,23)/t15-/m0/s1. The van der Waals surface area contributed by atoms with Crippen molar-refractivity contribution in [2.75, 3.05) is 11.9 Å². The Balaban J connectivity index is 2.18. The highest BCUT2D eigenvalue weighted by Crippen LogP contribution is 2.30. The van der Waals surface area contributed by atoms with Crippen LogP contribution in [-0.4, -0.2) is 32.3 Å². The monoisotopic (exact) mass is 338 g/mol. The number of nitrogens with one attached hydrogen (secondary N) is 1. The highest BCUT2D eigenvalue weighted by Gasteiger charge is 2.17. The van der Waals surface area contributed by atoms with E-state index < -0.39 is 0 Å². The lowest BCUT2D eigenvalue weighted by Gasteiger charge is -2.13. The van der Waals surface area contributed by atoms with Gasteiger partial charge in [-0.1, -0.05) is 31.5 Å². The maximum atomic E-state index is 9.38. The molecular weight excluding hydrogens is 312 g/mol. The molecule has 5 nitrogen and oxygen atoms in total. The van der Waals surface area contributed by atoms with Gasteiger partial charge in [-0.3, -0.25) is 0 Å². The van der Waals surface area contributed by atoms with Crippen molar-refractivity contribution in [2.45, 2.75) is 40.2 Å². The predicted octanol–water partition coefficient (Wildman–Crippen LogP) is 3.72. The second-order valence-corrected chi connectivity index (χ2v) is 7.11. The number of aromatic nitrogens is 3. The van der Waals surface area contributed by atoms with Crippen molar-refractivity contribution in [3.05, 3.63) is 47.9 Å². The van der Waals surface area contributed by atoms with Crippen molar-refractivity contribution in [3.8, 4) is 5.69 Å². The number of benzene rings is 1. The van der Waals surface area contributed by atoms with Gasteiger partial charge in [0.15, 0.2) is 0 Å². The number of aryl methyl sites for hydroxylation is 1. The van der Waals surface area contributed by atoms with Crippen LogP contribution in [0.15, 0.2) is 36.8 Å². The van der Waals surface area contributed by atoms with Crippen LogP contribution in [0.25, 0.3) is 16.7 Å². The summed E-state index contributed by atoms with van der Waals surface area (Å²) >= 11 is 0. The van der Waals surface area contributed by atoms with Crippen LogP contribution in [0, 0.1) is 12.8 Å². The summed E-state index contributed by atoms with van der Waals surface area (Å²) in [7, 11) is 0. The molecule has 0 saturated carbocycles. The second-order valence-electron chi connectivity index (χ2n) is 7.11. The number of aliphatic hydroxyl groups is 1. The number of aliphatic hydroxyl groups excluding tert-OH is 1. The van der Waals surface area contributed by atoms with Gasteiger partial charge in [0.05, 0.1) is 12.0 Å². The summed E-state index contributed by atoms with van der Waals surface area (Å²) in [5.41, 5.74) is 4.43. The molecular formula is C20H26N4O. The first-order valence-corrected chi connectivity index (χ1v) is 8.79. The fraction of sp³-hybridized carbons (Fsp3) is 0.400. The quantitative estimate of drug-likeness (QED) is 0.719. The molecule has 5 heteroatoms. The highest BCUT2D eigenvalue weighted by atomic mass is 16.3. The molecule has 132 valence electrons. The Morgan fingerprint density at radius 1 is 1.12 bits per heavy atom. The highest BCUT2D eigenvalue weighted by molar-refractivity contribution is 5.92. The van der Waals surface area contributed by atoms with Crippen LogP contribution in [-0.2, 0) is 6.42 Å². The molecule has 1 aromatic carbocycles. The Morgan fingerprint density at radius 2 is 1.84 bits per heavy atom. The summed E-state index contributed by atoms with van der Waals surface area (Å²) in [5.74, 6) is 1.31. The SMILES string of the molecule is Cc1ccc(-n2cc(CC(C)C)c3c(N[C@@H](C)CO)ncnc32)cc1. The van der Waals surface area contributed by atoms with E-state index >= 15 is 0 Å². The molecule has 2 heterocycles. The van der Waals surface area contributed by atoms with Crippen LogP contribution in [0.5, 0.6) is 0 Å². The minimum absolute atomic E-state index is 0.0592. The van der Waals surface area contributed by atoms with E-state index in [4.69, 9.17) is 0 Å². The van der Waals surface area contributed by atoms with E-state index in [1.807, 2.05) is 6.92 Å². The van der Waals surface area contributed by atoms with Crippen LogP contribution in [0.1, 0.15) is 31.9 Å². The van der Waals surface area contributed by atoms with Crippen molar-refractivity contribution in [1.82, 2.24) is 14.5 Å². The number of rotatable bonds is 6. The summed E-state index contributed by atoms with van der Waals surface area (Å²) in [6.45, 7) is 8.50. The van der Waals surface area contributed by atoms with Crippen LogP contribution < -0.4 is 5.32 Å². The van der Waals surface area contributed by atoms with Gasteiger partial charge < -0.3 is 15.0 Å². The molecule has 0 saturated heterocycles. The van der Waals surface area contributed by atoms with Gasteiger partial charge in [0.25, 0.3) is 0 Å². The molecule has 2 aromatic heterocycles. The van der Waals surface area contributed by atoms with E-state index in [0.29, 0.717) is 5.92 Å². The maximum Gasteiger partial charge on any atom is 0.150 e. The topological polar surface area (TPSA) is 63.0 Å². The number of hydrogen-bond acceptors (Lipinski definition) is 4. The number of nitrogens with zero attached hydrogens (tertiary/aromatic N) is 3. The van der Waals surface area contributed by atoms with Gasteiger partial charge in [-0.05, 0) is 43.9 Å². The zero-order valence-corrected chi connectivity index (χ0v) is 15.3. The summed E-state index contributed by atoms with van der Waals surface area (Å²) < 4.78 is 2.13. The lowest BCUT2D eigenvalue weighted by molar-refractivity contribution is 0.281. The number of hydrogen-bond donors (Lipinski definition) is 2. The molecule has 0 spiro atoms. The van der Waals surface area contributed by atoms with Crippen molar-refractivity contribution in [2.24, 2.45) is 5.92 Å². The molecule has 1 atom stereocenters. The molecule has 0 aliphatic heterocycles. The Morgan fingerprint density at radius 3 is 2.48 bits per heavy atom. The van der Waals surface area contributed by atoms with Gasteiger partial charge in [0.2, 0.25) is 0 Å². The van der Waals surface area contributed by atoms with E-state index in [-0.39, 0.29) is 12.6 Å². The Hall–Kier alpha value is -2.40. The Labute approximate surface area is 148 Å². The van der Waals surface area contributed by atoms with E-state index in [9.17, 15) is 5.11 Å². The summed E-state index contributed by atoms with van der Waals surface area (Å²) in [4.78, 5) is 8.99. The average Bonchev–Trinajstić information content (AvgIpc) is 2.94. The number of fused-ring (bicyclic) bond motifs is 1.